The molecule has 1 N–H and O–H groups in total. The van der Waals surface area contributed by atoms with Gasteiger partial charge in [0.15, 0.2) is 23.7 Å². The zero-order chi connectivity index (χ0) is 33.8. The van der Waals surface area contributed by atoms with E-state index in [1.54, 1.807) is 13.8 Å². The van der Waals surface area contributed by atoms with E-state index in [2.05, 4.69) is 11.8 Å². The first-order chi connectivity index (χ1) is 22.3. The van der Waals surface area contributed by atoms with Crippen LogP contribution in [0.25, 0.3) is 0 Å². The first-order valence-corrected chi connectivity index (χ1v) is 16.9. The van der Waals surface area contributed by atoms with Crippen molar-refractivity contribution in [1.82, 2.24) is 0 Å². The van der Waals surface area contributed by atoms with Crippen molar-refractivity contribution in [3.63, 3.8) is 0 Å². The molecule has 9 nitrogen and oxygen atoms in total. The molecular weight excluding hydrogens is 634 g/mol. The maximum absolute atomic E-state index is 17.7. The summed E-state index contributed by atoms with van der Waals surface area (Å²) in [6.45, 7) is 5.01. The number of aliphatic hydroxyl groups excluding tert-OH is 1. The standard InChI is InChI=1S/C35H38F2O9S/c1-20-15-23-24-17-26(36)25-16-22(38)10-11-32(25,2)34(24,37)28(39)18-33(23,3)35(20,46-29(40)27-7-6-13-43-27)30(41)47-14-5-4-12-44-31(42)45-19-21-8-9-21/h6-7,10-11,13,16,20-21,23-24,26,28,39H,8-9,12,14-15,17-19H2,1-3H3/t20-,23+,24+,26+,28+,32+,33+,34+,35+/m1/s1. The highest BCUT2D eigenvalue weighted by Crippen LogP contribution is 2.72. The molecule has 0 radical (unpaired) electrons. The molecule has 0 unspecified atom stereocenters. The maximum atomic E-state index is 17.7. The fourth-order valence-corrected chi connectivity index (χ4v) is 9.72. The zero-order valence-corrected chi connectivity index (χ0v) is 27.3. The van der Waals surface area contributed by atoms with Crippen molar-refractivity contribution in [2.75, 3.05) is 19.0 Å². The number of ketones is 1. The van der Waals surface area contributed by atoms with Gasteiger partial charge >= 0.3 is 12.1 Å². The average molecular weight is 673 g/mol. The molecule has 0 spiro atoms. The van der Waals surface area contributed by atoms with E-state index in [-0.39, 0.29) is 43.0 Å². The summed E-state index contributed by atoms with van der Waals surface area (Å²) in [5.74, 6) is 1.92. The molecule has 5 aliphatic rings. The lowest BCUT2D eigenvalue weighted by molar-refractivity contribution is -0.221. The molecule has 0 saturated heterocycles. The highest BCUT2D eigenvalue weighted by Gasteiger charge is 2.78. The van der Waals surface area contributed by atoms with E-state index in [1.165, 1.54) is 37.5 Å². The number of allylic oxidation sites excluding steroid dienone is 4. The first-order valence-electron chi connectivity index (χ1n) is 15.9. The van der Waals surface area contributed by atoms with E-state index in [4.69, 9.17) is 18.6 Å². The van der Waals surface area contributed by atoms with Gasteiger partial charge in [-0.1, -0.05) is 43.5 Å². The number of carbonyl (C=O) groups is 4. The Morgan fingerprint density at radius 1 is 1.15 bits per heavy atom. The van der Waals surface area contributed by atoms with Crippen LogP contribution in [0.5, 0.6) is 0 Å². The second-order valence-corrected chi connectivity index (χ2v) is 14.8. The summed E-state index contributed by atoms with van der Waals surface area (Å²) in [6.07, 6.45) is 2.51. The molecule has 4 fully saturated rings. The van der Waals surface area contributed by atoms with Crippen molar-refractivity contribution < 1.29 is 51.7 Å². The molecule has 0 aromatic carbocycles. The minimum absolute atomic E-state index is 0.00155. The van der Waals surface area contributed by atoms with Gasteiger partial charge in [-0.25, -0.2) is 18.4 Å². The maximum Gasteiger partial charge on any atom is 0.509 e. The fraction of sp³-hybridized carbons (Fsp3) is 0.600. The molecule has 6 rings (SSSR count). The highest BCUT2D eigenvalue weighted by molar-refractivity contribution is 8.14. The number of fused-ring (bicyclic) bond motifs is 5. The Balaban J connectivity index is 1.28. The molecule has 5 aliphatic carbocycles. The number of esters is 1. The number of carbonyl (C=O) groups excluding carboxylic acids is 4. The van der Waals surface area contributed by atoms with Gasteiger partial charge < -0.3 is 23.7 Å². The van der Waals surface area contributed by atoms with Crippen LogP contribution in [0.1, 0.15) is 63.4 Å². The van der Waals surface area contributed by atoms with Crippen molar-refractivity contribution in [3.8, 4) is 11.8 Å². The van der Waals surface area contributed by atoms with Crippen molar-refractivity contribution in [2.45, 2.75) is 76.4 Å². The third-order valence-corrected chi connectivity index (χ3v) is 12.1. The van der Waals surface area contributed by atoms with Crippen LogP contribution in [0.2, 0.25) is 0 Å². The normalized spacial score (nSPS) is 38.6. The molecule has 47 heavy (non-hydrogen) atoms. The van der Waals surface area contributed by atoms with Crippen LogP contribution in [-0.2, 0) is 23.8 Å². The number of hydrogen-bond donors (Lipinski definition) is 1. The van der Waals surface area contributed by atoms with Gasteiger partial charge in [-0.15, -0.1) is 0 Å². The number of thioether (sulfide) groups is 1. The lowest BCUT2D eigenvalue weighted by atomic mass is 9.44. The number of ether oxygens (including phenoxy) is 3. The second-order valence-electron chi connectivity index (χ2n) is 13.8. The third-order valence-electron chi connectivity index (χ3n) is 11.2. The largest absolute Gasteiger partial charge is 0.509 e. The molecule has 4 saturated carbocycles. The van der Waals surface area contributed by atoms with Crippen molar-refractivity contribution in [2.24, 2.45) is 34.5 Å². The highest BCUT2D eigenvalue weighted by atomic mass is 32.2. The topological polar surface area (TPSA) is 129 Å². The molecule has 12 heteroatoms. The van der Waals surface area contributed by atoms with Crippen LogP contribution >= 0.6 is 11.8 Å². The van der Waals surface area contributed by atoms with E-state index >= 15 is 8.78 Å². The monoisotopic (exact) mass is 672 g/mol. The molecule has 0 amide bonds. The van der Waals surface area contributed by atoms with Crippen LogP contribution in [0.15, 0.2) is 46.6 Å². The number of halogens is 2. The van der Waals surface area contributed by atoms with Crippen molar-refractivity contribution >= 4 is 34.8 Å². The minimum Gasteiger partial charge on any atom is -0.457 e. The van der Waals surface area contributed by atoms with Crippen LogP contribution in [0.4, 0.5) is 13.6 Å². The van der Waals surface area contributed by atoms with Gasteiger partial charge in [0.05, 0.1) is 24.7 Å². The zero-order valence-electron chi connectivity index (χ0n) is 26.5. The molecule has 9 atom stereocenters. The van der Waals surface area contributed by atoms with E-state index in [0.29, 0.717) is 12.5 Å². The average Bonchev–Trinajstić information content (AvgIpc) is 3.64. The van der Waals surface area contributed by atoms with Gasteiger partial charge in [-0.05, 0) is 80.7 Å². The third kappa shape index (κ3) is 5.34. The molecule has 1 aromatic rings. The summed E-state index contributed by atoms with van der Waals surface area (Å²) in [4.78, 5) is 51.7. The number of hydrogen-bond acceptors (Lipinski definition) is 10. The lowest BCUT2D eigenvalue weighted by Crippen LogP contribution is -2.70. The van der Waals surface area contributed by atoms with Crippen LogP contribution in [0.3, 0.4) is 0 Å². The van der Waals surface area contributed by atoms with Gasteiger partial charge in [0.25, 0.3) is 0 Å². The summed E-state index contributed by atoms with van der Waals surface area (Å²) in [6, 6.07) is 2.90. The van der Waals surface area contributed by atoms with Crippen molar-refractivity contribution in [1.29, 1.82) is 0 Å². The Morgan fingerprint density at radius 2 is 1.91 bits per heavy atom. The smallest absolute Gasteiger partial charge is 0.457 e. The SMILES string of the molecule is C[C@@H]1C[C@H]2[C@@H]3C[C@H](F)C4=CC(=O)C=C[C@]4(C)[C@@]3(F)[C@@H](O)C[C@]2(C)[C@@]1(OC(=O)c1ccco1)C(=O)SCC#CCOC(=O)OCC1CC1. The summed E-state index contributed by atoms with van der Waals surface area (Å²) in [7, 11) is 0. The minimum atomic E-state index is -2.36. The van der Waals surface area contributed by atoms with Gasteiger partial charge in [0.2, 0.25) is 10.9 Å². The van der Waals surface area contributed by atoms with Gasteiger partial charge in [0.1, 0.15) is 6.17 Å². The van der Waals surface area contributed by atoms with Gasteiger partial charge in [-0.2, -0.15) is 0 Å². The van der Waals surface area contributed by atoms with Crippen LogP contribution in [0, 0.1) is 46.3 Å². The molecule has 1 aromatic heterocycles. The summed E-state index contributed by atoms with van der Waals surface area (Å²) >= 11 is 0.800. The molecule has 0 bridgehead atoms. The van der Waals surface area contributed by atoms with E-state index in [1.807, 2.05) is 0 Å². The predicted molar refractivity (Wildman–Crippen MR) is 165 cm³/mol. The first kappa shape index (κ1) is 33.5. The summed E-state index contributed by atoms with van der Waals surface area (Å²) in [5, 5.41) is 11.2. The Labute approximate surface area is 275 Å². The van der Waals surface area contributed by atoms with E-state index in [9.17, 15) is 24.3 Å². The number of rotatable bonds is 7. The number of alkyl halides is 2. The molecule has 1 heterocycles. The van der Waals surface area contributed by atoms with E-state index in [0.717, 1.165) is 30.7 Å². The van der Waals surface area contributed by atoms with Crippen LogP contribution in [-0.4, -0.2) is 70.6 Å². The quantitative estimate of drug-likeness (QED) is 0.290. The van der Waals surface area contributed by atoms with E-state index < -0.39 is 75.2 Å². The van der Waals surface area contributed by atoms with Gasteiger partial charge in [0, 0.05) is 22.7 Å². The summed E-state index contributed by atoms with van der Waals surface area (Å²) < 4.78 is 54.9. The molecule has 252 valence electrons. The van der Waals surface area contributed by atoms with Crippen LogP contribution < -0.4 is 0 Å². The Kier molecular flexibility index (Phi) is 8.71. The Morgan fingerprint density at radius 3 is 2.62 bits per heavy atom. The fourth-order valence-electron chi connectivity index (χ4n) is 8.73. The lowest BCUT2D eigenvalue weighted by Gasteiger charge is -2.63. The second kappa shape index (κ2) is 12.2. The number of aliphatic hydroxyl groups is 1. The molecular formula is C35H38F2O9S. The summed E-state index contributed by atoms with van der Waals surface area (Å²) in [5.41, 5.74) is -7.13. The predicted octanol–water partition coefficient (Wildman–Crippen LogP) is 5.57. The Bertz CT molecular complexity index is 1570. The number of furan rings is 1. The van der Waals surface area contributed by atoms with Gasteiger partial charge in [-0.3, -0.25) is 9.59 Å². The molecule has 0 aliphatic heterocycles. The Hall–Kier alpha value is -3.43. The van der Waals surface area contributed by atoms with Crippen molar-refractivity contribution in [3.05, 3.63) is 48.0 Å².